The van der Waals surface area contributed by atoms with Crippen molar-refractivity contribution in [3.63, 3.8) is 0 Å². The first-order valence-corrected chi connectivity index (χ1v) is 9.59. The molecule has 0 saturated heterocycles. The highest BCUT2D eigenvalue weighted by molar-refractivity contribution is 5.78. The average Bonchev–Trinajstić information content (AvgIpc) is 3.33. The van der Waals surface area contributed by atoms with Crippen LogP contribution < -0.4 is 14.8 Å². The first kappa shape index (κ1) is 19.0. The molecule has 1 amide bonds. The predicted octanol–water partition coefficient (Wildman–Crippen LogP) is 3.24. The van der Waals surface area contributed by atoms with Gasteiger partial charge in [-0.2, -0.15) is 5.10 Å². The van der Waals surface area contributed by atoms with E-state index >= 15 is 0 Å². The number of para-hydroxylation sites is 1. The van der Waals surface area contributed by atoms with Crippen molar-refractivity contribution < 1.29 is 14.3 Å². The monoisotopic (exact) mass is 392 g/mol. The molecule has 3 aromatic rings. The lowest BCUT2D eigenvalue weighted by molar-refractivity contribution is -0.123. The molecule has 0 spiro atoms. The first-order valence-electron chi connectivity index (χ1n) is 9.59. The van der Waals surface area contributed by atoms with Crippen LogP contribution in [0.15, 0.2) is 55.1 Å². The van der Waals surface area contributed by atoms with Gasteiger partial charge in [-0.1, -0.05) is 24.3 Å². The van der Waals surface area contributed by atoms with E-state index in [9.17, 15) is 4.79 Å². The van der Waals surface area contributed by atoms with Crippen molar-refractivity contribution >= 4 is 5.91 Å². The third-order valence-corrected chi connectivity index (χ3v) is 4.87. The molecule has 29 heavy (non-hydrogen) atoms. The number of nitrogens with zero attached hydrogens (tertiary/aromatic N) is 3. The van der Waals surface area contributed by atoms with Crippen molar-refractivity contribution in [3.05, 3.63) is 66.2 Å². The van der Waals surface area contributed by atoms with Gasteiger partial charge < -0.3 is 14.8 Å². The van der Waals surface area contributed by atoms with Crippen molar-refractivity contribution in [3.8, 4) is 17.2 Å². The highest BCUT2D eigenvalue weighted by atomic mass is 16.5. The number of amides is 1. The number of hydrogen-bond acceptors (Lipinski definition) is 5. The molecule has 2 heterocycles. The van der Waals surface area contributed by atoms with Crippen LogP contribution in [0.2, 0.25) is 0 Å². The van der Waals surface area contributed by atoms with E-state index in [2.05, 4.69) is 15.4 Å². The Labute approximate surface area is 169 Å². The number of carbonyl (C=O) groups is 1. The highest BCUT2D eigenvalue weighted by Crippen LogP contribution is 2.41. The maximum atomic E-state index is 12.4. The number of aromatic nitrogens is 3. The Hall–Kier alpha value is -3.35. The van der Waals surface area contributed by atoms with E-state index in [1.54, 1.807) is 11.0 Å². The summed E-state index contributed by atoms with van der Waals surface area (Å²) in [6.07, 6.45) is 3.96. The van der Waals surface area contributed by atoms with Gasteiger partial charge in [-0.3, -0.25) is 4.79 Å². The van der Waals surface area contributed by atoms with Gasteiger partial charge in [0.15, 0.2) is 18.1 Å². The second kappa shape index (κ2) is 7.58. The second-order valence-electron chi connectivity index (χ2n) is 7.79. The SMILES string of the molecule is C[C@H](NC(=O)COc1cccc2c1OC(C)(C)C2)c1ccc(-n2cncn2)cc1. The third-order valence-electron chi connectivity index (χ3n) is 4.87. The zero-order chi connectivity index (χ0) is 20.4. The topological polar surface area (TPSA) is 78.3 Å². The van der Waals surface area contributed by atoms with Gasteiger partial charge in [0.25, 0.3) is 5.91 Å². The number of ether oxygens (including phenoxy) is 2. The number of hydrogen-bond donors (Lipinski definition) is 1. The van der Waals surface area contributed by atoms with Crippen molar-refractivity contribution in [1.82, 2.24) is 20.1 Å². The molecule has 0 fully saturated rings. The molecule has 0 radical (unpaired) electrons. The lowest BCUT2D eigenvalue weighted by Gasteiger charge is -2.18. The van der Waals surface area contributed by atoms with Crippen LogP contribution in [0.25, 0.3) is 5.69 Å². The largest absolute Gasteiger partial charge is 0.483 e. The standard InChI is InChI=1S/C22H24N4O3/c1-15(16-7-9-18(10-8-16)26-14-23-13-24-26)25-20(27)12-28-19-6-4-5-17-11-22(2,3)29-21(17)19/h4-10,13-15H,11-12H2,1-3H3,(H,25,27)/t15-/m0/s1. The Kier molecular flexibility index (Phi) is 4.96. The molecule has 1 N–H and O–H groups in total. The van der Waals surface area contributed by atoms with Gasteiger partial charge in [0.2, 0.25) is 0 Å². The maximum Gasteiger partial charge on any atom is 0.258 e. The minimum Gasteiger partial charge on any atom is -0.483 e. The van der Waals surface area contributed by atoms with Crippen molar-refractivity contribution in [2.75, 3.05) is 6.61 Å². The summed E-state index contributed by atoms with van der Waals surface area (Å²) in [6.45, 7) is 5.95. The van der Waals surface area contributed by atoms with Crippen LogP contribution in [0.5, 0.6) is 11.5 Å². The van der Waals surface area contributed by atoms with E-state index in [0.29, 0.717) is 5.75 Å². The smallest absolute Gasteiger partial charge is 0.258 e. The van der Waals surface area contributed by atoms with Crippen LogP contribution in [-0.4, -0.2) is 32.9 Å². The van der Waals surface area contributed by atoms with Gasteiger partial charge in [-0.25, -0.2) is 9.67 Å². The Balaban J connectivity index is 1.34. The zero-order valence-corrected chi connectivity index (χ0v) is 16.8. The number of nitrogens with one attached hydrogen (secondary N) is 1. The summed E-state index contributed by atoms with van der Waals surface area (Å²) >= 11 is 0. The second-order valence-corrected chi connectivity index (χ2v) is 7.79. The summed E-state index contributed by atoms with van der Waals surface area (Å²) in [7, 11) is 0. The molecular formula is C22H24N4O3. The van der Waals surface area contributed by atoms with Crippen LogP contribution in [0.1, 0.15) is 37.9 Å². The minimum atomic E-state index is -0.253. The van der Waals surface area contributed by atoms with Crippen LogP contribution in [-0.2, 0) is 11.2 Å². The van der Waals surface area contributed by atoms with Crippen molar-refractivity contribution in [2.24, 2.45) is 0 Å². The molecule has 150 valence electrons. The third kappa shape index (κ3) is 4.23. The average molecular weight is 392 g/mol. The molecule has 7 heteroatoms. The molecule has 0 unspecified atom stereocenters. The van der Waals surface area contributed by atoms with E-state index in [-0.39, 0.29) is 24.2 Å². The fourth-order valence-electron chi connectivity index (χ4n) is 3.47. The molecule has 1 aliphatic rings. The van der Waals surface area contributed by atoms with Gasteiger partial charge in [-0.05, 0) is 44.5 Å². The molecule has 7 nitrogen and oxygen atoms in total. The van der Waals surface area contributed by atoms with Crippen LogP contribution in [0.3, 0.4) is 0 Å². The quantitative estimate of drug-likeness (QED) is 0.697. The molecule has 0 aliphatic carbocycles. The number of fused-ring (bicyclic) bond motifs is 1. The van der Waals surface area contributed by atoms with Crippen molar-refractivity contribution in [2.45, 2.75) is 38.8 Å². The summed E-state index contributed by atoms with van der Waals surface area (Å²) in [5.41, 5.74) is 2.76. The molecule has 1 aromatic heterocycles. The molecule has 0 saturated carbocycles. The van der Waals surface area contributed by atoms with Crippen LogP contribution >= 0.6 is 0 Å². The lowest BCUT2D eigenvalue weighted by Crippen LogP contribution is -2.31. The fourth-order valence-corrected chi connectivity index (χ4v) is 3.47. The Morgan fingerprint density at radius 2 is 2.07 bits per heavy atom. The summed E-state index contributed by atoms with van der Waals surface area (Å²) in [5, 5.41) is 7.07. The Morgan fingerprint density at radius 1 is 1.28 bits per heavy atom. The highest BCUT2D eigenvalue weighted by Gasteiger charge is 2.32. The lowest BCUT2D eigenvalue weighted by atomic mass is 10.0. The summed E-state index contributed by atoms with van der Waals surface area (Å²) in [5.74, 6) is 1.16. The molecule has 2 aromatic carbocycles. The molecule has 1 atom stereocenters. The van der Waals surface area contributed by atoms with Crippen LogP contribution in [0, 0.1) is 0 Å². The van der Waals surface area contributed by atoms with Crippen LogP contribution in [0.4, 0.5) is 0 Å². The molecule has 1 aliphatic heterocycles. The van der Waals surface area contributed by atoms with E-state index in [1.807, 2.05) is 63.2 Å². The van der Waals surface area contributed by atoms with E-state index in [4.69, 9.17) is 9.47 Å². The summed E-state index contributed by atoms with van der Waals surface area (Å²) < 4.78 is 13.4. The Bertz CT molecular complexity index is 997. The van der Waals surface area contributed by atoms with Crippen molar-refractivity contribution in [1.29, 1.82) is 0 Å². The van der Waals surface area contributed by atoms with Gasteiger partial charge in [0.05, 0.1) is 11.7 Å². The molecular weight excluding hydrogens is 368 g/mol. The number of rotatable bonds is 6. The summed E-state index contributed by atoms with van der Waals surface area (Å²) in [4.78, 5) is 16.3. The molecule has 0 bridgehead atoms. The van der Waals surface area contributed by atoms with Gasteiger partial charge in [0.1, 0.15) is 18.3 Å². The Morgan fingerprint density at radius 3 is 2.79 bits per heavy atom. The molecule has 4 rings (SSSR count). The van der Waals surface area contributed by atoms with E-state index in [0.717, 1.165) is 29.0 Å². The number of benzene rings is 2. The first-order chi connectivity index (χ1) is 13.9. The fraction of sp³-hybridized carbons (Fsp3) is 0.318. The minimum absolute atomic E-state index is 0.0678. The number of carbonyl (C=O) groups excluding carboxylic acids is 1. The zero-order valence-electron chi connectivity index (χ0n) is 16.8. The maximum absolute atomic E-state index is 12.4. The van der Waals surface area contributed by atoms with Gasteiger partial charge >= 0.3 is 0 Å². The predicted molar refractivity (Wildman–Crippen MR) is 108 cm³/mol. The van der Waals surface area contributed by atoms with E-state index < -0.39 is 0 Å². The normalized spacial score (nSPS) is 15.3. The summed E-state index contributed by atoms with van der Waals surface area (Å²) in [6, 6.07) is 13.4. The van der Waals surface area contributed by atoms with E-state index in [1.165, 1.54) is 6.33 Å². The van der Waals surface area contributed by atoms with Gasteiger partial charge in [-0.15, -0.1) is 0 Å². The van der Waals surface area contributed by atoms with Gasteiger partial charge in [0, 0.05) is 12.0 Å².